The van der Waals surface area contributed by atoms with Gasteiger partial charge in [0.25, 0.3) is 0 Å². The summed E-state index contributed by atoms with van der Waals surface area (Å²) < 4.78 is 8.64. The molecule has 1 heterocycles. The maximum Gasteiger partial charge on any atom is 0.162 e. The van der Waals surface area contributed by atoms with Gasteiger partial charge in [0.15, 0.2) is 6.42 Å². The molecule has 0 spiro atoms. The molecule has 0 amide bonds. The summed E-state index contributed by atoms with van der Waals surface area (Å²) in [7, 11) is 2.08. The van der Waals surface area contributed by atoms with E-state index in [1.807, 2.05) is 24.3 Å². The molecule has 4 heteroatoms. The Labute approximate surface area is 125 Å². The van der Waals surface area contributed by atoms with Crippen molar-refractivity contribution in [1.82, 2.24) is 4.67 Å². The van der Waals surface area contributed by atoms with Gasteiger partial charge in [-0.1, -0.05) is 60.7 Å². The minimum atomic E-state index is -2.12. The Kier molecular flexibility index (Phi) is 3.78. The highest BCUT2D eigenvalue weighted by molar-refractivity contribution is 8.14. The van der Waals surface area contributed by atoms with Crippen molar-refractivity contribution in [1.29, 1.82) is 0 Å². The molecule has 1 saturated heterocycles. The molecule has 0 aromatic heterocycles. The van der Waals surface area contributed by atoms with Crippen LogP contribution in [0.2, 0.25) is 0 Å². The molecule has 0 N–H and O–H groups in total. The lowest BCUT2D eigenvalue weighted by molar-refractivity contribution is 0.218. The van der Waals surface area contributed by atoms with E-state index in [4.69, 9.17) is 16.3 Å². The third-order valence-corrected chi connectivity index (χ3v) is 8.23. The summed E-state index contributed by atoms with van der Waals surface area (Å²) in [6, 6.07) is 20.9. The second-order valence-electron chi connectivity index (χ2n) is 5.11. The van der Waals surface area contributed by atoms with Gasteiger partial charge in [-0.2, -0.15) is 0 Å². The zero-order chi connectivity index (χ0) is 14.2. The van der Waals surface area contributed by atoms with Crippen LogP contribution in [-0.2, 0) is 16.3 Å². The van der Waals surface area contributed by atoms with Crippen molar-refractivity contribution < 1.29 is 4.52 Å². The van der Waals surface area contributed by atoms with Gasteiger partial charge in [0.05, 0.1) is 0 Å². The third kappa shape index (κ3) is 2.25. The Morgan fingerprint density at radius 3 is 2.15 bits per heavy atom. The quantitative estimate of drug-likeness (QED) is 0.785. The highest BCUT2D eigenvalue weighted by Crippen LogP contribution is 2.61. The van der Waals surface area contributed by atoms with Crippen LogP contribution in [0.15, 0.2) is 60.7 Å². The molecule has 0 aliphatic carbocycles. The second kappa shape index (κ2) is 5.42. The molecule has 20 heavy (non-hydrogen) atoms. The van der Waals surface area contributed by atoms with E-state index >= 15 is 0 Å². The fraction of sp³-hybridized carbons (Fsp3) is 0.250. The number of hydrogen-bond acceptors (Lipinski definition) is 2. The zero-order valence-electron chi connectivity index (χ0n) is 11.6. The Hall–Kier alpha value is -0.990. The molecule has 1 unspecified atom stereocenters. The van der Waals surface area contributed by atoms with Crippen molar-refractivity contribution in [2.24, 2.45) is 0 Å². The van der Waals surface area contributed by atoms with Crippen LogP contribution in [0.25, 0.3) is 0 Å². The van der Waals surface area contributed by atoms with Gasteiger partial charge >= 0.3 is 0 Å². The van der Waals surface area contributed by atoms with Crippen LogP contribution >= 0.6 is 6.42 Å². The fourth-order valence-corrected chi connectivity index (χ4v) is 6.07. The lowest BCUT2D eigenvalue weighted by Gasteiger charge is -2.24. The summed E-state index contributed by atoms with van der Waals surface area (Å²) in [6.45, 7) is 2.19. The topological polar surface area (TPSA) is 12.5 Å². The van der Waals surface area contributed by atoms with Crippen LogP contribution in [0.4, 0.5) is 0 Å². The van der Waals surface area contributed by atoms with E-state index in [9.17, 15) is 0 Å². The van der Waals surface area contributed by atoms with Crippen LogP contribution in [0.1, 0.15) is 18.6 Å². The zero-order valence-corrected chi connectivity index (χ0v) is 13.4. The number of hydrogen-bond donors (Lipinski definition) is 0. The van der Waals surface area contributed by atoms with Gasteiger partial charge in [0, 0.05) is 11.3 Å². The number of benzene rings is 2. The summed E-state index contributed by atoms with van der Waals surface area (Å²) in [5, 5.41) is 1.13. The predicted octanol–water partition coefficient (Wildman–Crippen LogP) is 3.71. The summed E-state index contributed by atoms with van der Waals surface area (Å²) in [6.07, 6.45) is -2.08. The first kappa shape index (κ1) is 14.0. The minimum Gasteiger partial charge on any atom is -0.325 e. The summed E-state index contributed by atoms with van der Waals surface area (Å²) in [4.78, 5) is 0. The maximum atomic E-state index is 6.40. The molecule has 2 nitrogen and oxygen atoms in total. The number of nitrogens with zero attached hydrogens (tertiary/aromatic N) is 1. The van der Waals surface area contributed by atoms with Gasteiger partial charge in [0.2, 0.25) is 0 Å². The van der Waals surface area contributed by atoms with Crippen molar-refractivity contribution in [2.45, 2.75) is 19.1 Å². The molecule has 104 valence electrons. The highest BCUT2D eigenvalue weighted by atomic mass is 32.4. The van der Waals surface area contributed by atoms with Crippen LogP contribution in [-0.4, -0.2) is 17.8 Å². The van der Waals surface area contributed by atoms with Crippen LogP contribution in [0.3, 0.4) is 0 Å². The lowest BCUT2D eigenvalue weighted by Crippen LogP contribution is -2.25. The average Bonchev–Trinajstić information content (AvgIpc) is 2.75. The molecule has 2 aromatic carbocycles. The van der Waals surface area contributed by atoms with E-state index in [1.165, 1.54) is 5.56 Å². The van der Waals surface area contributed by atoms with E-state index in [-0.39, 0.29) is 12.1 Å². The Bertz CT molecular complexity index is 631. The van der Waals surface area contributed by atoms with Crippen molar-refractivity contribution in [3.8, 4) is 0 Å². The Morgan fingerprint density at radius 1 is 1.00 bits per heavy atom. The third-order valence-electron chi connectivity index (χ3n) is 3.91. The predicted molar refractivity (Wildman–Crippen MR) is 87.9 cm³/mol. The fourth-order valence-electron chi connectivity index (χ4n) is 2.59. The summed E-state index contributed by atoms with van der Waals surface area (Å²) in [5.41, 5.74) is 1.20. The Balaban J connectivity index is 1.99. The van der Waals surface area contributed by atoms with Gasteiger partial charge in [0.1, 0.15) is 6.10 Å². The van der Waals surface area contributed by atoms with Gasteiger partial charge in [-0.15, -0.1) is 0 Å². The highest BCUT2D eigenvalue weighted by Gasteiger charge is 2.43. The maximum absolute atomic E-state index is 6.40. The monoisotopic (exact) mass is 303 g/mol. The van der Waals surface area contributed by atoms with E-state index in [0.29, 0.717) is 0 Å². The van der Waals surface area contributed by atoms with Crippen molar-refractivity contribution in [3.05, 3.63) is 66.2 Å². The number of likely N-dealkylation sites (N-methyl/N-ethyl adjacent to an activating group) is 1. The minimum absolute atomic E-state index is 0.0484. The van der Waals surface area contributed by atoms with Gasteiger partial charge in [-0.25, -0.2) is 4.67 Å². The van der Waals surface area contributed by atoms with Crippen LogP contribution in [0, 0.1) is 0 Å². The van der Waals surface area contributed by atoms with Crippen molar-refractivity contribution >= 4 is 23.5 Å². The SMILES string of the molecule is C[C@@H]1[C@H](c2ccccc2)OP(=S)(c2ccccc2)N1C. The second-order valence-corrected chi connectivity index (χ2v) is 8.99. The Morgan fingerprint density at radius 2 is 1.55 bits per heavy atom. The molecule has 1 fully saturated rings. The molecule has 0 bridgehead atoms. The summed E-state index contributed by atoms with van der Waals surface area (Å²) in [5.74, 6) is 0. The summed E-state index contributed by atoms with van der Waals surface area (Å²) >= 11 is 5.92. The smallest absolute Gasteiger partial charge is 0.162 e. The first-order chi connectivity index (χ1) is 9.63. The molecule has 1 aliphatic heterocycles. The normalized spacial score (nSPS) is 30.5. The largest absolute Gasteiger partial charge is 0.325 e. The standard InChI is InChI=1S/C16H18NOPS/c1-13-16(14-9-5-3-6-10-14)18-19(20,17(13)2)15-11-7-4-8-12-15/h3-13,16H,1-2H3/t13-,16-,19?/m1/s1. The first-order valence-corrected chi connectivity index (χ1v) is 9.42. The molecule has 3 atom stereocenters. The lowest BCUT2D eigenvalue weighted by atomic mass is 10.0. The van der Waals surface area contributed by atoms with E-state index in [2.05, 4.69) is 55.0 Å². The van der Waals surface area contributed by atoms with Gasteiger partial charge in [-0.3, -0.25) is 0 Å². The molecule has 3 rings (SSSR count). The average molecular weight is 303 g/mol. The number of rotatable bonds is 2. The van der Waals surface area contributed by atoms with Gasteiger partial charge < -0.3 is 4.52 Å². The van der Waals surface area contributed by atoms with Gasteiger partial charge in [-0.05, 0) is 31.3 Å². The molecule has 0 radical (unpaired) electrons. The van der Waals surface area contributed by atoms with E-state index in [1.54, 1.807) is 0 Å². The van der Waals surface area contributed by atoms with E-state index in [0.717, 1.165) is 5.30 Å². The van der Waals surface area contributed by atoms with Crippen molar-refractivity contribution in [2.75, 3.05) is 7.05 Å². The molecular weight excluding hydrogens is 285 g/mol. The molecule has 1 aliphatic rings. The van der Waals surface area contributed by atoms with Crippen LogP contribution in [0.5, 0.6) is 0 Å². The molecule has 2 aromatic rings. The van der Waals surface area contributed by atoms with E-state index < -0.39 is 6.42 Å². The molecular formula is C16H18NOPS. The molecule has 0 saturated carbocycles. The van der Waals surface area contributed by atoms with Crippen LogP contribution < -0.4 is 5.30 Å². The van der Waals surface area contributed by atoms with Crippen molar-refractivity contribution in [3.63, 3.8) is 0 Å². The first-order valence-electron chi connectivity index (χ1n) is 6.75.